The Hall–Kier alpha value is -0.900. The Kier molecular flexibility index (Phi) is 3.02. The van der Waals surface area contributed by atoms with E-state index >= 15 is 0 Å². The Morgan fingerprint density at radius 3 is 2.69 bits per heavy atom. The molecule has 1 N–H and O–H groups in total. The fourth-order valence-electron chi connectivity index (χ4n) is 2.35. The van der Waals surface area contributed by atoms with Crippen molar-refractivity contribution in [2.75, 3.05) is 0 Å². The van der Waals surface area contributed by atoms with Gasteiger partial charge in [0.05, 0.1) is 10.9 Å². The zero-order chi connectivity index (χ0) is 11.8. The zero-order valence-electron chi connectivity index (χ0n) is 8.67. The normalized spacial score (nSPS) is 17.9. The van der Waals surface area contributed by atoms with E-state index in [0.717, 1.165) is 19.3 Å². The number of carbonyl (C=O) groups is 1. The Morgan fingerprint density at radius 2 is 2.19 bits per heavy atom. The van der Waals surface area contributed by atoms with Gasteiger partial charge < -0.3 is 5.11 Å². The van der Waals surface area contributed by atoms with E-state index in [4.69, 9.17) is 5.11 Å². The molecule has 0 aliphatic heterocycles. The molecule has 1 aromatic carbocycles. The van der Waals surface area contributed by atoms with Crippen LogP contribution in [-0.4, -0.2) is 11.1 Å². The lowest BCUT2D eigenvalue weighted by Gasteiger charge is -2.41. The van der Waals surface area contributed by atoms with Gasteiger partial charge in [-0.25, -0.2) is 4.39 Å². The van der Waals surface area contributed by atoms with Crippen molar-refractivity contribution < 1.29 is 14.3 Å². The minimum Gasteiger partial charge on any atom is -0.481 e. The molecule has 16 heavy (non-hydrogen) atoms. The predicted molar refractivity (Wildman–Crippen MR) is 61.9 cm³/mol. The van der Waals surface area contributed by atoms with E-state index in [1.54, 1.807) is 18.2 Å². The standard InChI is InChI=1S/C12H12BrFO2/c13-9-4-1-3-8(11(9)14)12(5-2-6-12)7-10(15)16/h1,3-4H,2,5-7H2,(H,15,16). The van der Waals surface area contributed by atoms with Crippen molar-refractivity contribution >= 4 is 21.9 Å². The molecular formula is C12H12BrFO2. The fraction of sp³-hybridized carbons (Fsp3) is 0.417. The second-order valence-corrected chi connectivity index (χ2v) is 5.16. The number of hydrogen-bond acceptors (Lipinski definition) is 1. The summed E-state index contributed by atoms with van der Waals surface area (Å²) in [5.74, 6) is -1.18. The molecule has 0 bridgehead atoms. The summed E-state index contributed by atoms with van der Waals surface area (Å²) in [6.07, 6.45) is 2.50. The highest BCUT2D eigenvalue weighted by Gasteiger charge is 2.42. The van der Waals surface area contributed by atoms with Crippen LogP contribution in [0.4, 0.5) is 4.39 Å². The number of aliphatic carboxylic acids is 1. The van der Waals surface area contributed by atoms with Gasteiger partial charge in [-0.2, -0.15) is 0 Å². The maximum absolute atomic E-state index is 13.9. The van der Waals surface area contributed by atoms with Crippen LogP contribution in [0, 0.1) is 5.82 Å². The van der Waals surface area contributed by atoms with Crippen LogP contribution in [0.3, 0.4) is 0 Å². The molecule has 0 unspecified atom stereocenters. The Morgan fingerprint density at radius 1 is 1.50 bits per heavy atom. The first kappa shape index (κ1) is 11.6. The average Bonchev–Trinajstić information content (AvgIpc) is 2.16. The van der Waals surface area contributed by atoms with Crippen molar-refractivity contribution in [2.45, 2.75) is 31.1 Å². The number of halogens is 2. The van der Waals surface area contributed by atoms with Gasteiger partial charge in [-0.15, -0.1) is 0 Å². The minimum absolute atomic E-state index is 0.0143. The van der Waals surface area contributed by atoms with E-state index in [1.807, 2.05) is 0 Å². The topological polar surface area (TPSA) is 37.3 Å². The summed E-state index contributed by atoms with van der Waals surface area (Å²) in [6.45, 7) is 0. The monoisotopic (exact) mass is 286 g/mol. The third-order valence-corrected chi connectivity index (χ3v) is 3.94. The number of hydrogen-bond donors (Lipinski definition) is 1. The van der Waals surface area contributed by atoms with Crippen molar-refractivity contribution in [3.05, 3.63) is 34.1 Å². The van der Waals surface area contributed by atoms with Crippen LogP contribution in [0.15, 0.2) is 22.7 Å². The summed E-state index contributed by atoms with van der Waals surface area (Å²) in [6, 6.07) is 5.08. The molecule has 1 aromatic rings. The van der Waals surface area contributed by atoms with E-state index in [9.17, 15) is 9.18 Å². The van der Waals surface area contributed by atoms with Crippen LogP contribution in [0.25, 0.3) is 0 Å². The molecule has 0 saturated heterocycles. The molecule has 2 rings (SSSR count). The molecule has 0 amide bonds. The third kappa shape index (κ3) is 1.86. The van der Waals surface area contributed by atoms with E-state index in [-0.39, 0.29) is 12.2 Å². The van der Waals surface area contributed by atoms with Crippen molar-refractivity contribution in [3.8, 4) is 0 Å². The van der Waals surface area contributed by atoms with Crippen LogP contribution in [0.2, 0.25) is 0 Å². The van der Waals surface area contributed by atoms with Gasteiger partial charge in [-0.05, 0) is 40.4 Å². The van der Waals surface area contributed by atoms with Gasteiger partial charge in [0.25, 0.3) is 0 Å². The number of rotatable bonds is 3. The lowest BCUT2D eigenvalue weighted by molar-refractivity contribution is -0.139. The number of benzene rings is 1. The average molecular weight is 287 g/mol. The maximum Gasteiger partial charge on any atom is 0.304 e. The lowest BCUT2D eigenvalue weighted by atomic mass is 9.62. The first-order chi connectivity index (χ1) is 7.55. The molecule has 2 nitrogen and oxygen atoms in total. The summed E-state index contributed by atoms with van der Waals surface area (Å²) in [5, 5.41) is 8.90. The summed E-state index contributed by atoms with van der Waals surface area (Å²) >= 11 is 3.14. The summed E-state index contributed by atoms with van der Waals surface area (Å²) < 4.78 is 14.3. The second kappa shape index (κ2) is 4.17. The molecule has 0 radical (unpaired) electrons. The smallest absolute Gasteiger partial charge is 0.304 e. The maximum atomic E-state index is 13.9. The molecule has 1 aliphatic carbocycles. The van der Waals surface area contributed by atoms with Crippen molar-refractivity contribution in [1.82, 2.24) is 0 Å². The largest absolute Gasteiger partial charge is 0.481 e. The van der Waals surface area contributed by atoms with Gasteiger partial charge in [0.15, 0.2) is 0 Å². The first-order valence-corrected chi connectivity index (χ1v) is 6.01. The van der Waals surface area contributed by atoms with Crippen LogP contribution in [0.5, 0.6) is 0 Å². The molecular weight excluding hydrogens is 275 g/mol. The van der Waals surface area contributed by atoms with Crippen molar-refractivity contribution in [3.63, 3.8) is 0 Å². The molecule has 0 aromatic heterocycles. The van der Waals surface area contributed by atoms with E-state index < -0.39 is 11.4 Å². The van der Waals surface area contributed by atoms with E-state index in [0.29, 0.717) is 10.0 Å². The summed E-state index contributed by atoms with van der Waals surface area (Å²) in [4.78, 5) is 10.8. The van der Waals surface area contributed by atoms with Crippen LogP contribution in [-0.2, 0) is 10.2 Å². The highest BCUT2D eigenvalue weighted by molar-refractivity contribution is 9.10. The van der Waals surface area contributed by atoms with E-state index in [2.05, 4.69) is 15.9 Å². The Labute approximate surface area is 102 Å². The van der Waals surface area contributed by atoms with Gasteiger partial charge in [-0.3, -0.25) is 4.79 Å². The van der Waals surface area contributed by atoms with Gasteiger partial charge in [-0.1, -0.05) is 18.6 Å². The number of carboxylic acid groups (broad SMARTS) is 1. The van der Waals surface area contributed by atoms with E-state index in [1.165, 1.54) is 0 Å². The Balaban J connectivity index is 2.40. The highest BCUT2D eigenvalue weighted by Crippen LogP contribution is 2.48. The SMILES string of the molecule is O=C(O)CC1(c2cccc(Br)c2F)CCC1. The molecule has 1 aliphatic rings. The lowest BCUT2D eigenvalue weighted by Crippen LogP contribution is -2.37. The zero-order valence-corrected chi connectivity index (χ0v) is 10.3. The predicted octanol–water partition coefficient (Wildman–Crippen LogP) is 3.48. The second-order valence-electron chi connectivity index (χ2n) is 4.31. The quantitative estimate of drug-likeness (QED) is 0.924. The van der Waals surface area contributed by atoms with Crippen LogP contribution in [0.1, 0.15) is 31.2 Å². The van der Waals surface area contributed by atoms with Crippen LogP contribution < -0.4 is 0 Å². The number of carboxylic acids is 1. The summed E-state index contributed by atoms with van der Waals surface area (Å²) in [5.41, 5.74) is 0.0511. The van der Waals surface area contributed by atoms with Gasteiger partial charge in [0.1, 0.15) is 5.82 Å². The van der Waals surface area contributed by atoms with Crippen molar-refractivity contribution in [2.24, 2.45) is 0 Å². The molecule has 1 fully saturated rings. The van der Waals surface area contributed by atoms with Crippen molar-refractivity contribution in [1.29, 1.82) is 0 Å². The fourth-order valence-corrected chi connectivity index (χ4v) is 2.71. The van der Waals surface area contributed by atoms with Gasteiger partial charge >= 0.3 is 5.97 Å². The molecule has 0 heterocycles. The molecule has 0 spiro atoms. The van der Waals surface area contributed by atoms with Gasteiger partial charge in [0, 0.05) is 5.41 Å². The van der Waals surface area contributed by atoms with Crippen LogP contribution >= 0.6 is 15.9 Å². The first-order valence-electron chi connectivity index (χ1n) is 5.21. The highest BCUT2D eigenvalue weighted by atomic mass is 79.9. The molecule has 1 saturated carbocycles. The summed E-state index contributed by atoms with van der Waals surface area (Å²) in [7, 11) is 0. The molecule has 4 heteroatoms. The molecule has 86 valence electrons. The third-order valence-electron chi connectivity index (χ3n) is 3.32. The Bertz CT molecular complexity index is 427. The minimum atomic E-state index is -0.862. The van der Waals surface area contributed by atoms with Gasteiger partial charge in [0.2, 0.25) is 0 Å². The molecule has 0 atom stereocenters.